The largest absolute Gasteiger partial charge is 0.377 e. The molecule has 1 radical (unpaired) electrons. The second-order valence-corrected chi connectivity index (χ2v) is 14.2. The molecule has 4 aromatic carbocycles. The fourth-order valence-corrected chi connectivity index (χ4v) is 6.80. The Bertz CT molecular complexity index is 1820. The number of hydrogen-bond acceptors (Lipinski definition) is 6. The summed E-state index contributed by atoms with van der Waals surface area (Å²) >= 11 is 6.43. The van der Waals surface area contributed by atoms with Crippen LogP contribution in [0.5, 0.6) is 0 Å². The maximum Gasteiger partial charge on any atom is 0.256 e. The Labute approximate surface area is 301 Å². The summed E-state index contributed by atoms with van der Waals surface area (Å²) in [5, 5.41) is 10.2. The minimum Gasteiger partial charge on any atom is -0.377 e. The molecule has 7 nitrogen and oxygen atoms in total. The Morgan fingerprint density at radius 2 is 1.38 bits per heavy atom. The van der Waals surface area contributed by atoms with Crippen LogP contribution in [0, 0.1) is 11.3 Å². The number of hydrazine groups is 1. The number of carbonyl (C=O) groups excluding carboxylic acids is 1. The molecule has 1 unspecified atom stereocenters. The summed E-state index contributed by atoms with van der Waals surface area (Å²) in [7, 11) is 3.81. The van der Waals surface area contributed by atoms with Crippen LogP contribution in [0.2, 0.25) is 5.02 Å². The van der Waals surface area contributed by atoms with E-state index < -0.39 is 11.3 Å². The number of hydrogen-bond donors (Lipinski definition) is 3. The minimum atomic E-state index is -1.27. The van der Waals surface area contributed by atoms with E-state index in [1.165, 1.54) is 0 Å². The van der Waals surface area contributed by atoms with Gasteiger partial charge in [0.25, 0.3) is 5.91 Å². The lowest BCUT2D eigenvalue weighted by atomic mass is 9.76. The molecule has 2 heterocycles. The maximum atomic E-state index is 14.7. The predicted molar refractivity (Wildman–Crippen MR) is 203 cm³/mol. The Balaban J connectivity index is 1.57. The number of anilines is 1. The molecule has 0 bridgehead atoms. The normalized spacial score (nSPS) is 16.3. The number of aromatic nitrogens is 1. The number of nitrogens with one attached hydrogen (secondary N) is 3. The summed E-state index contributed by atoms with van der Waals surface area (Å²) in [6.45, 7) is 6.99. The van der Waals surface area contributed by atoms with Gasteiger partial charge in [-0.05, 0) is 58.5 Å². The monoisotopic (exact) mass is 683 g/mol. The van der Waals surface area contributed by atoms with E-state index in [-0.39, 0.29) is 11.3 Å². The van der Waals surface area contributed by atoms with Crippen molar-refractivity contribution in [2.75, 3.05) is 25.5 Å². The van der Waals surface area contributed by atoms with Crippen molar-refractivity contribution in [1.29, 1.82) is 0 Å². The third-order valence-corrected chi connectivity index (χ3v) is 9.40. The molecule has 1 aromatic heterocycles. The van der Waals surface area contributed by atoms with Crippen molar-refractivity contribution in [2.24, 2.45) is 5.41 Å². The summed E-state index contributed by atoms with van der Waals surface area (Å²) in [5.41, 5.74) is 7.44. The number of pyridine rings is 1. The molecule has 0 aliphatic carbocycles. The van der Waals surface area contributed by atoms with E-state index in [1.54, 1.807) is 12.1 Å². The minimum absolute atomic E-state index is 0.252. The number of rotatable bonds is 11. The Hall–Kier alpha value is -4.95. The highest BCUT2D eigenvalue weighted by molar-refractivity contribution is 6.31. The first-order chi connectivity index (χ1) is 24.0. The zero-order chi connectivity index (χ0) is 35.4. The Kier molecular flexibility index (Phi) is 10.1. The van der Waals surface area contributed by atoms with E-state index in [2.05, 4.69) is 78.2 Å². The van der Waals surface area contributed by atoms with Crippen molar-refractivity contribution in [3.63, 3.8) is 0 Å². The SMILES string of the molecule is CN(C)c1cc(Cl)ccc1C(=O)NC1(NC(c2ccccc2)(c2ccccc2)c2ccccc2)C=CNN1C[C](c1ccccn1)C(C)(C)C. The Morgan fingerprint density at radius 1 is 0.820 bits per heavy atom. The topological polar surface area (TPSA) is 72.5 Å². The van der Waals surface area contributed by atoms with E-state index in [4.69, 9.17) is 16.6 Å². The molecule has 1 aliphatic heterocycles. The molecule has 1 amide bonds. The van der Waals surface area contributed by atoms with Crippen LogP contribution in [0.25, 0.3) is 0 Å². The van der Waals surface area contributed by atoms with Gasteiger partial charge in [-0.15, -0.1) is 0 Å². The molecule has 6 rings (SSSR count). The molecule has 255 valence electrons. The molecule has 5 aromatic rings. The number of benzene rings is 4. The van der Waals surface area contributed by atoms with Gasteiger partial charge in [-0.2, -0.15) is 5.01 Å². The summed E-state index contributed by atoms with van der Waals surface area (Å²) < 4.78 is 0. The van der Waals surface area contributed by atoms with E-state index >= 15 is 0 Å². The smallest absolute Gasteiger partial charge is 0.256 e. The van der Waals surface area contributed by atoms with Crippen LogP contribution in [0.1, 0.15) is 53.5 Å². The van der Waals surface area contributed by atoms with Crippen LogP contribution in [-0.2, 0) is 5.54 Å². The van der Waals surface area contributed by atoms with E-state index in [1.807, 2.05) is 116 Å². The third kappa shape index (κ3) is 7.03. The number of amides is 1. The summed E-state index contributed by atoms with van der Waals surface area (Å²) in [5.74, 6) is -0.443. The van der Waals surface area contributed by atoms with Gasteiger partial charge in [-0.3, -0.25) is 15.1 Å². The van der Waals surface area contributed by atoms with Gasteiger partial charge in [0.05, 0.1) is 16.8 Å². The van der Waals surface area contributed by atoms with Crippen molar-refractivity contribution in [1.82, 2.24) is 26.1 Å². The van der Waals surface area contributed by atoms with Crippen molar-refractivity contribution in [3.8, 4) is 0 Å². The average molecular weight is 684 g/mol. The molecule has 8 heteroatoms. The molecular weight excluding hydrogens is 640 g/mol. The highest BCUT2D eigenvalue weighted by Gasteiger charge is 2.50. The van der Waals surface area contributed by atoms with Gasteiger partial charge in [0, 0.05) is 49.7 Å². The van der Waals surface area contributed by atoms with Gasteiger partial charge in [-0.1, -0.05) is 129 Å². The van der Waals surface area contributed by atoms with Gasteiger partial charge in [0.15, 0.2) is 5.79 Å². The van der Waals surface area contributed by atoms with Gasteiger partial charge in [-0.25, -0.2) is 0 Å². The molecule has 0 saturated carbocycles. The number of halogens is 1. The van der Waals surface area contributed by atoms with Crippen LogP contribution in [0.15, 0.2) is 146 Å². The van der Waals surface area contributed by atoms with Crippen molar-refractivity contribution < 1.29 is 4.79 Å². The highest BCUT2D eigenvalue weighted by Crippen LogP contribution is 2.41. The fourth-order valence-electron chi connectivity index (χ4n) is 6.64. The first-order valence-corrected chi connectivity index (χ1v) is 17.2. The number of nitrogens with zero attached hydrogens (tertiary/aromatic N) is 3. The fraction of sp³-hybridized carbons (Fsp3) is 0.214. The maximum absolute atomic E-state index is 14.7. The summed E-state index contributed by atoms with van der Waals surface area (Å²) in [4.78, 5) is 21.4. The quantitative estimate of drug-likeness (QED) is 0.0977. The van der Waals surface area contributed by atoms with Gasteiger partial charge >= 0.3 is 0 Å². The van der Waals surface area contributed by atoms with E-state index in [0.29, 0.717) is 22.8 Å². The lowest BCUT2D eigenvalue weighted by Gasteiger charge is -2.48. The average Bonchev–Trinajstić information content (AvgIpc) is 3.51. The zero-order valence-electron chi connectivity index (χ0n) is 29.2. The van der Waals surface area contributed by atoms with Gasteiger partial charge in [0.2, 0.25) is 0 Å². The van der Waals surface area contributed by atoms with Crippen LogP contribution >= 0.6 is 11.6 Å². The van der Waals surface area contributed by atoms with Crippen molar-refractivity contribution in [3.05, 3.63) is 185 Å². The molecule has 1 atom stereocenters. The van der Waals surface area contributed by atoms with Crippen molar-refractivity contribution in [2.45, 2.75) is 32.1 Å². The van der Waals surface area contributed by atoms with Gasteiger partial charge in [0.1, 0.15) is 0 Å². The lowest BCUT2D eigenvalue weighted by molar-refractivity contribution is 0.0289. The Morgan fingerprint density at radius 3 is 1.88 bits per heavy atom. The zero-order valence-corrected chi connectivity index (χ0v) is 29.9. The van der Waals surface area contributed by atoms with Crippen molar-refractivity contribution >= 4 is 23.2 Å². The van der Waals surface area contributed by atoms with Crippen LogP contribution < -0.4 is 21.0 Å². The molecule has 0 saturated heterocycles. The molecule has 50 heavy (non-hydrogen) atoms. The number of carbonyl (C=O) groups is 1. The van der Waals surface area contributed by atoms with E-state index in [0.717, 1.165) is 28.3 Å². The van der Waals surface area contributed by atoms with E-state index in [9.17, 15) is 4.79 Å². The first kappa shape index (κ1) is 34.9. The van der Waals surface area contributed by atoms with Crippen LogP contribution in [0.3, 0.4) is 0 Å². The highest BCUT2D eigenvalue weighted by atomic mass is 35.5. The van der Waals surface area contributed by atoms with Crippen LogP contribution in [-0.4, -0.2) is 42.3 Å². The first-order valence-electron chi connectivity index (χ1n) is 16.8. The standard InChI is InChI=1S/C42H44ClN6O/c1-40(2,3)36(37-23-15-16-27-44-37)30-49-41(26-28-45-49,46-39(50)35-25-24-34(43)29-38(35)48(4)5)47-42(31-17-9-6-10-18-31,32-19-11-7-12-20-32)33-21-13-8-14-22-33/h6-29,45,47H,30H2,1-5H3,(H,46,50). The molecule has 1 aliphatic rings. The summed E-state index contributed by atoms with van der Waals surface area (Å²) in [6.07, 6.45) is 5.68. The van der Waals surface area contributed by atoms with Crippen LogP contribution in [0.4, 0.5) is 5.69 Å². The second kappa shape index (κ2) is 14.5. The van der Waals surface area contributed by atoms with Gasteiger partial charge < -0.3 is 15.6 Å². The second-order valence-electron chi connectivity index (χ2n) is 13.7. The lowest BCUT2D eigenvalue weighted by Crippen LogP contribution is -2.73. The third-order valence-electron chi connectivity index (χ3n) is 9.17. The summed E-state index contributed by atoms with van der Waals surface area (Å²) in [6, 6.07) is 42.4. The predicted octanol–water partition coefficient (Wildman–Crippen LogP) is 7.77. The molecule has 3 N–H and O–H groups in total. The molecule has 0 spiro atoms. The molecule has 0 fully saturated rings. The molecular formula is C42H44ClN6O.